The van der Waals surface area contributed by atoms with Crippen LogP contribution in [0.1, 0.15) is 19.3 Å². The molecule has 1 aliphatic rings. The lowest BCUT2D eigenvalue weighted by atomic mass is 9.91. The standard InChI is InChI=1S/C17H21FN2O5/c1-19-16(22)11-5-6-14(17(23)24)20(10-11)15(21)7-8-25-13-4-2-3-12(18)9-13/h2-4,9,11,14H,5-8,10H2,1H3,(H,19,22)(H,23,24)/t11-,14-/m0/s1. The van der Waals surface area contributed by atoms with E-state index in [-0.39, 0.29) is 31.9 Å². The quantitative estimate of drug-likeness (QED) is 0.797. The highest BCUT2D eigenvalue weighted by Crippen LogP contribution is 2.23. The number of benzene rings is 1. The third-order valence-electron chi connectivity index (χ3n) is 4.19. The molecule has 0 radical (unpaired) electrons. The summed E-state index contributed by atoms with van der Waals surface area (Å²) in [6.07, 6.45) is 0.588. The molecule has 1 aromatic carbocycles. The number of rotatable bonds is 6. The van der Waals surface area contributed by atoms with Crippen LogP contribution in [0, 0.1) is 11.7 Å². The zero-order valence-electron chi connectivity index (χ0n) is 13.9. The molecule has 2 atom stereocenters. The predicted molar refractivity (Wildman–Crippen MR) is 86.4 cm³/mol. The number of nitrogens with one attached hydrogen (secondary N) is 1. The number of carboxylic acids is 1. The largest absolute Gasteiger partial charge is 0.493 e. The van der Waals surface area contributed by atoms with Crippen LogP contribution < -0.4 is 10.1 Å². The number of halogens is 1. The molecule has 0 aromatic heterocycles. The maximum Gasteiger partial charge on any atom is 0.326 e. The van der Waals surface area contributed by atoms with Crippen LogP contribution in [0.15, 0.2) is 24.3 Å². The summed E-state index contributed by atoms with van der Waals surface area (Å²) in [7, 11) is 1.50. The van der Waals surface area contributed by atoms with E-state index in [2.05, 4.69) is 5.32 Å². The Morgan fingerprint density at radius 2 is 2.12 bits per heavy atom. The molecule has 0 aliphatic carbocycles. The van der Waals surface area contributed by atoms with Gasteiger partial charge in [0.15, 0.2) is 0 Å². The minimum absolute atomic E-state index is 0.00420. The number of piperidine rings is 1. The van der Waals surface area contributed by atoms with Gasteiger partial charge in [-0.05, 0) is 25.0 Å². The molecular formula is C17H21FN2O5. The van der Waals surface area contributed by atoms with E-state index < -0.39 is 29.7 Å². The van der Waals surface area contributed by atoms with E-state index in [1.54, 1.807) is 6.07 Å². The van der Waals surface area contributed by atoms with Crippen LogP contribution in [0.25, 0.3) is 0 Å². The smallest absolute Gasteiger partial charge is 0.326 e. The van der Waals surface area contributed by atoms with Gasteiger partial charge in [-0.1, -0.05) is 6.07 Å². The topological polar surface area (TPSA) is 95.9 Å². The molecule has 8 heteroatoms. The highest BCUT2D eigenvalue weighted by atomic mass is 19.1. The maximum atomic E-state index is 13.1. The molecule has 1 saturated heterocycles. The van der Waals surface area contributed by atoms with E-state index in [1.165, 1.54) is 30.1 Å². The Balaban J connectivity index is 1.95. The second-order valence-electron chi connectivity index (χ2n) is 5.84. The maximum absolute atomic E-state index is 13.1. The zero-order chi connectivity index (χ0) is 18.4. The number of carbonyl (C=O) groups is 3. The van der Waals surface area contributed by atoms with Crippen LogP contribution in [-0.2, 0) is 14.4 Å². The first-order valence-corrected chi connectivity index (χ1v) is 8.04. The SMILES string of the molecule is CNC(=O)[C@H]1CC[C@@H](C(=O)O)N(C(=O)CCOc2cccc(F)c2)C1. The molecule has 25 heavy (non-hydrogen) atoms. The Kier molecular flexibility index (Phi) is 6.32. The number of hydrogen-bond acceptors (Lipinski definition) is 4. The Hall–Kier alpha value is -2.64. The molecule has 1 aliphatic heterocycles. The van der Waals surface area contributed by atoms with Gasteiger partial charge in [0.25, 0.3) is 0 Å². The fourth-order valence-electron chi connectivity index (χ4n) is 2.88. The van der Waals surface area contributed by atoms with Gasteiger partial charge in [0, 0.05) is 19.7 Å². The van der Waals surface area contributed by atoms with Crippen LogP contribution in [0.2, 0.25) is 0 Å². The highest BCUT2D eigenvalue weighted by Gasteiger charge is 2.37. The summed E-state index contributed by atoms with van der Waals surface area (Å²) < 4.78 is 18.4. The van der Waals surface area contributed by atoms with Crippen molar-refractivity contribution in [2.45, 2.75) is 25.3 Å². The van der Waals surface area contributed by atoms with Crippen molar-refractivity contribution in [2.24, 2.45) is 5.92 Å². The van der Waals surface area contributed by atoms with Crippen LogP contribution in [0.3, 0.4) is 0 Å². The summed E-state index contributed by atoms with van der Waals surface area (Å²) in [5.41, 5.74) is 0. The molecule has 136 valence electrons. The van der Waals surface area contributed by atoms with Crippen molar-refractivity contribution in [3.05, 3.63) is 30.1 Å². The normalized spacial score (nSPS) is 20.0. The molecule has 0 saturated carbocycles. The average Bonchev–Trinajstić information content (AvgIpc) is 2.60. The third kappa shape index (κ3) is 4.91. The van der Waals surface area contributed by atoms with Crippen molar-refractivity contribution >= 4 is 17.8 Å². The molecule has 2 amide bonds. The predicted octanol–water partition coefficient (Wildman–Crippen LogP) is 1.03. The van der Waals surface area contributed by atoms with Gasteiger partial charge in [-0.2, -0.15) is 0 Å². The number of ether oxygens (including phenoxy) is 1. The first-order chi connectivity index (χ1) is 11.9. The van der Waals surface area contributed by atoms with Gasteiger partial charge in [-0.15, -0.1) is 0 Å². The van der Waals surface area contributed by atoms with Crippen LogP contribution in [0.4, 0.5) is 4.39 Å². The van der Waals surface area contributed by atoms with E-state index in [4.69, 9.17) is 4.74 Å². The lowest BCUT2D eigenvalue weighted by Crippen LogP contribution is -2.53. The van der Waals surface area contributed by atoms with E-state index in [9.17, 15) is 23.9 Å². The number of likely N-dealkylation sites (tertiary alicyclic amines) is 1. The first-order valence-electron chi connectivity index (χ1n) is 8.04. The van der Waals surface area contributed by atoms with Gasteiger partial charge in [0.1, 0.15) is 17.6 Å². The van der Waals surface area contributed by atoms with Crippen molar-refractivity contribution in [2.75, 3.05) is 20.2 Å². The van der Waals surface area contributed by atoms with E-state index in [0.717, 1.165) is 0 Å². The number of amides is 2. The Morgan fingerprint density at radius 1 is 1.36 bits per heavy atom. The van der Waals surface area contributed by atoms with Crippen molar-refractivity contribution in [3.8, 4) is 5.75 Å². The molecular weight excluding hydrogens is 331 g/mol. The molecule has 1 fully saturated rings. The molecule has 0 spiro atoms. The summed E-state index contributed by atoms with van der Waals surface area (Å²) in [6, 6.07) is 4.60. The van der Waals surface area contributed by atoms with Gasteiger partial charge in [-0.3, -0.25) is 9.59 Å². The highest BCUT2D eigenvalue weighted by molar-refractivity contribution is 5.86. The minimum atomic E-state index is -1.09. The number of carboxylic acid groups (broad SMARTS) is 1. The van der Waals surface area contributed by atoms with Gasteiger partial charge < -0.3 is 20.1 Å². The Bertz CT molecular complexity index is 652. The summed E-state index contributed by atoms with van der Waals surface area (Å²) >= 11 is 0. The molecule has 1 heterocycles. The summed E-state index contributed by atoms with van der Waals surface area (Å²) in [6.45, 7) is 0.0607. The van der Waals surface area contributed by atoms with Crippen LogP contribution >= 0.6 is 0 Å². The number of nitrogens with zero attached hydrogens (tertiary/aromatic N) is 1. The molecule has 1 aromatic rings. The second-order valence-corrected chi connectivity index (χ2v) is 5.84. The van der Waals surface area contributed by atoms with Crippen LogP contribution in [0.5, 0.6) is 5.75 Å². The van der Waals surface area contributed by atoms with Crippen molar-refractivity contribution in [1.82, 2.24) is 10.2 Å². The van der Waals surface area contributed by atoms with E-state index in [1.807, 2.05) is 0 Å². The van der Waals surface area contributed by atoms with Crippen molar-refractivity contribution in [1.29, 1.82) is 0 Å². The second kappa shape index (κ2) is 8.46. The molecule has 0 unspecified atom stereocenters. The Labute approximate surface area is 144 Å². The molecule has 2 N–H and O–H groups in total. The molecule has 0 bridgehead atoms. The number of aliphatic carboxylic acids is 1. The molecule has 2 rings (SSSR count). The summed E-state index contributed by atoms with van der Waals surface area (Å²) in [4.78, 5) is 36.8. The van der Waals surface area contributed by atoms with Gasteiger partial charge in [0.2, 0.25) is 11.8 Å². The van der Waals surface area contributed by atoms with Gasteiger partial charge in [-0.25, -0.2) is 9.18 Å². The van der Waals surface area contributed by atoms with Crippen molar-refractivity contribution in [3.63, 3.8) is 0 Å². The lowest BCUT2D eigenvalue weighted by Gasteiger charge is -2.36. The molecule has 7 nitrogen and oxygen atoms in total. The van der Waals surface area contributed by atoms with E-state index >= 15 is 0 Å². The van der Waals surface area contributed by atoms with Crippen LogP contribution in [-0.4, -0.2) is 54.0 Å². The fourth-order valence-corrected chi connectivity index (χ4v) is 2.88. The fraction of sp³-hybridized carbons (Fsp3) is 0.471. The van der Waals surface area contributed by atoms with E-state index in [0.29, 0.717) is 12.2 Å². The monoisotopic (exact) mass is 352 g/mol. The average molecular weight is 352 g/mol. The number of carbonyl (C=O) groups excluding carboxylic acids is 2. The number of hydrogen-bond donors (Lipinski definition) is 2. The van der Waals surface area contributed by atoms with Gasteiger partial charge >= 0.3 is 5.97 Å². The summed E-state index contributed by atoms with van der Waals surface area (Å²) in [5.74, 6) is -2.28. The minimum Gasteiger partial charge on any atom is -0.493 e. The Morgan fingerprint density at radius 3 is 2.76 bits per heavy atom. The van der Waals surface area contributed by atoms with Crippen molar-refractivity contribution < 1.29 is 28.6 Å². The summed E-state index contributed by atoms with van der Waals surface area (Å²) in [5, 5.41) is 11.8. The first kappa shape index (κ1) is 18.7. The third-order valence-corrected chi connectivity index (χ3v) is 4.19. The zero-order valence-corrected chi connectivity index (χ0v) is 13.9. The lowest BCUT2D eigenvalue weighted by molar-refractivity contribution is -0.154. The van der Waals surface area contributed by atoms with Gasteiger partial charge in [0.05, 0.1) is 18.9 Å².